The summed E-state index contributed by atoms with van der Waals surface area (Å²) in [4.78, 5) is 15.4. The van der Waals surface area contributed by atoms with Gasteiger partial charge in [0.25, 0.3) is 11.7 Å². The molecule has 16 heavy (non-hydrogen) atoms. The minimum absolute atomic E-state index is 0.0404. The number of carbonyl (C=O) groups excluding carboxylic acids is 1. The van der Waals surface area contributed by atoms with E-state index in [1.54, 1.807) is 13.1 Å². The molecule has 0 aliphatic rings. The van der Waals surface area contributed by atoms with Gasteiger partial charge in [0.15, 0.2) is 0 Å². The number of hydrogen-bond acceptors (Lipinski definition) is 5. The lowest BCUT2D eigenvalue weighted by atomic mass is 10.2. The molecule has 0 atom stereocenters. The van der Waals surface area contributed by atoms with Crippen LogP contribution in [0.5, 0.6) is 0 Å². The molecule has 0 spiro atoms. The largest absolute Gasteiger partial charge is 0.345 e. The third-order valence-electron chi connectivity index (χ3n) is 2.10. The van der Waals surface area contributed by atoms with Gasteiger partial charge in [-0.1, -0.05) is 5.16 Å². The molecule has 1 amide bonds. The van der Waals surface area contributed by atoms with Crippen LogP contribution in [0, 0.1) is 13.8 Å². The molecule has 0 saturated heterocycles. The van der Waals surface area contributed by atoms with Crippen LogP contribution in [0.2, 0.25) is 0 Å². The third kappa shape index (κ3) is 2.08. The molecule has 0 unspecified atom stereocenters. The Labute approximate surface area is 91.2 Å². The van der Waals surface area contributed by atoms with E-state index in [-0.39, 0.29) is 11.7 Å². The molecule has 0 aliphatic carbocycles. The summed E-state index contributed by atoms with van der Waals surface area (Å²) in [6.45, 7) is 3.89. The van der Waals surface area contributed by atoms with E-state index >= 15 is 0 Å². The van der Waals surface area contributed by atoms with Gasteiger partial charge in [0, 0.05) is 24.7 Å². The molecule has 0 saturated carbocycles. The Balaban J connectivity index is 1.96. The highest BCUT2D eigenvalue weighted by Gasteiger charge is 2.12. The number of hydrogen-bond donors (Lipinski definition) is 2. The molecule has 0 aromatic carbocycles. The second-order valence-electron chi connectivity index (χ2n) is 3.34. The van der Waals surface area contributed by atoms with E-state index < -0.39 is 0 Å². The van der Waals surface area contributed by atoms with Crippen LogP contribution in [-0.2, 0) is 6.54 Å². The highest BCUT2D eigenvalue weighted by atomic mass is 16.5. The van der Waals surface area contributed by atoms with Crippen molar-refractivity contribution in [3.05, 3.63) is 29.2 Å². The SMILES string of the molecule is Cc1nc(C(=O)NCc2cn[nH]c2C)no1. The van der Waals surface area contributed by atoms with Gasteiger partial charge in [-0.2, -0.15) is 10.1 Å². The lowest BCUT2D eigenvalue weighted by Gasteiger charge is -2.00. The molecular formula is C9H11N5O2. The summed E-state index contributed by atoms with van der Waals surface area (Å²) in [6.07, 6.45) is 1.66. The van der Waals surface area contributed by atoms with Gasteiger partial charge >= 0.3 is 0 Å². The Hall–Kier alpha value is -2.18. The zero-order valence-corrected chi connectivity index (χ0v) is 8.94. The van der Waals surface area contributed by atoms with Crippen molar-refractivity contribution < 1.29 is 9.32 Å². The maximum atomic E-state index is 11.5. The molecule has 0 bridgehead atoms. The maximum absolute atomic E-state index is 11.5. The van der Waals surface area contributed by atoms with E-state index in [4.69, 9.17) is 4.52 Å². The molecular weight excluding hydrogens is 210 g/mol. The van der Waals surface area contributed by atoms with Gasteiger partial charge in [0.2, 0.25) is 5.89 Å². The molecule has 84 valence electrons. The Morgan fingerprint density at radius 1 is 1.56 bits per heavy atom. The maximum Gasteiger partial charge on any atom is 0.292 e. The second-order valence-corrected chi connectivity index (χ2v) is 3.34. The van der Waals surface area contributed by atoms with Crippen LogP contribution in [-0.4, -0.2) is 26.2 Å². The number of aromatic nitrogens is 4. The molecule has 7 nitrogen and oxygen atoms in total. The van der Waals surface area contributed by atoms with Gasteiger partial charge < -0.3 is 9.84 Å². The van der Waals surface area contributed by atoms with Crippen LogP contribution < -0.4 is 5.32 Å². The monoisotopic (exact) mass is 221 g/mol. The first-order chi connectivity index (χ1) is 7.66. The van der Waals surface area contributed by atoms with Crippen LogP contribution in [0.3, 0.4) is 0 Å². The fourth-order valence-electron chi connectivity index (χ4n) is 1.20. The zero-order valence-electron chi connectivity index (χ0n) is 8.94. The molecule has 2 rings (SSSR count). The number of carbonyl (C=O) groups is 1. The number of aromatic amines is 1. The average molecular weight is 221 g/mol. The van der Waals surface area contributed by atoms with E-state index in [2.05, 4.69) is 25.7 Å². The zero-order chi connectivity index (χ0) is 11.5. The number of nitrogens with one attached hydrogen (secondary N) is 2. The van der Waals surface area contributed by atoms with E-state index in [0.717, 1.165) is 11.3 Å². The number of aryl methyl sites for hydroxylation is 2. The number of amides is 1. The smallest absolute Gasteiger partial charge is 0.292 e. The highest BCUT2D eigenvalue weighted by molar-refractivity contribution is 5.90. The van der Waals surface area contributed by atoms with E-state index in [9.17, 15) is 4.79 Å². The fraction of sp³-hybridized carbons (Fsp3) is 0.333. The summed E-state index contributed by atoms with van der Waals surface area (Å²) >= 11 is 0. The first-order valence-electron chi connectivity index (χ1n) is 4.74. The minimum atomic E-state index is -0.363. The Morgan fingerprint density at radius 2 is 2.38 bits per heavy atom. The molecule has 2 heterocycles. The summed E-state index contributed by atoms with van der Waals surface area (Å²) in [5.41, 5.74) is 1.85. The summed E-state index contributed by atoms with van der Waals surface area (Å²) in [5.74, 6) is 0.0424. The van der Waals surface area contributed by atoms with Crippen LogP contribution in [0.4, 0.5) is 0 Å². The fourth-order valence-corrected chi connectivity index (χ4v) is 1.20. The predicted molar refractivity (Wildman–Crippen MR) is 53.5 cm³/mol. The summed E-state index contributed by atoms with van der Waals surface area (Å²) in [7, 11) is 0. The first-order valence-corrected chi connectivity index (χ1v) is 4.74. The number of nitrogens with zero attached hydrogens (tertiary/aromatic N) is 3. The standard InChI is InChI=1S/C9H11N5O2/c1-5-7(4-11-13-5)3-10-9(15)8-12-6(2)16-14-8/h4H,3H2,1-2H3,(H,10,15)(H,11,13). The van der Waals surface area contributed by atoms with E-state index in [1.165, 1.54) is 0 Å². The van der Waals surface area contributed by atoms with Gasteiger partial charge in [-0.25, -0.2) is 0 Å². The molecule has 0 radical (unpaired) electrons. The van der Waals surface area contributed by atoms with Crippen LogP contribution >= 0.6 is 0 Å². The molecule has 2 aromatic heterocycles. The minimum Gasteiger partial charge on any atom is -0.345 e. The summed E-state index contributed by atoms with van der Waals surface area (Å²) in [6, 6.07) is 0. The number of rotatable bonds is 3. The molecule has 0 aliphatic heterocycles. The second kappa shape index (κ2) is 4.13. The highest BCUT2D eigenvalue weighted by Crippen LogP contribution is 2.02. The molecule has 2 aromatic rings. The van der Waals surface area contributed by atoms with Gasteiger partial charge in [-0.15, -0.1) is 0 Å². The molecule has 2 N–H and O–H groups in total. The van der Waals surface area contributed by atoms with Crippen molar-refractivity contribution in [3.63, 3.8) is 0 Å². The lowest BCUT2D eigenvalue weighted by molar-refractivity contribution is 0.0937. The van der Waals surface area contributed by atoms with Crippen LogP contribution in [0.25, 0.3) is 0 Å². The predicted octanol–water partition coefficient (Wildman–Crippen LogP) is 0.340. The Morgan fingerprint density at radius 3 is 2.94 bits per heavy atom. The molecule has 0 fully saturated rings. The summed E-state index contributed by atoms with van der Waals surface area (Å²) < 4.78 is 4.71. The van der Waals surface area contributed by atoms with Crippen LogP contribution in [0.15, 0.2) is 10.7 Å². The topological polar surface area (TPSA) is 96.7 Å². The van der Waals surface area contributed by atoms with Crippen molar-refractivity contribution in [3.8, 4) is 0 Å². The van der Waals surface area contributed by atoms with Crippen LogP contribution in [0.1, 0.15) is 27.8 Å². The third-order valence-corrected chi connectivity index (χ3v) is 2.10. The Kier molecular flexibility index (Phi) is 2.67. The number of H-pyrrole nitrogens is 1. The normalized spacial score (nSPS) is 10.4. The first kappa shape index (κ1) is 10.3. The van der Waals surface area contributed by atoms with Crippen molar-refractivity contribution in [1.82, 2.24) is 25.7 Å². The van der Waals surface area contributed by atoms with E-state index in [0.29, 0.717) is 12.4 Å². The summed E-state index contributed by atoms with van der Waals surface area (Å²) in [5, 5.41) is 12.8. The average Bonchev–Trinajstić information content (AvgIpc) is 2.84. The van der Waals surface area contributed by atoms with Gasteiger partial charge in [-0.3, -0.25) is 9.89 Å². The van der Waals surface area contributed by atoms with Crippen molar-refractivity contribution in [2.45, 2.75) is 20.4 Å². The van der Waals surface area contributed by atoms with E-state index in [1.807, 2.05) is 6.92 Å². The van der Waals surface area contributed by atoms with Crippen molar-refractivity contribution in [1.29, 1.82) is 0 Å². The van der Waals surface area contributed by atoms with Crippen molar-refractivity contribution in [2.75, 3.05) is 0 Å². The van der Waals surface area contributed by atoms with Gasteiger partial charge in [0.05, 0.1) is 6.20 Å². The molecule has 7 heteroatoms. The van der Waals surface area contributed by atoms with Gasteiger partial charge in [-0.05, 0) is 6.92 Å². The Bertz CT molecular complexity index is 501. The van der Waals surface area contributed by atoms with Gasteiger partial charge in [0.1, 0.15) is 0 Å². The van der Waals surface area contributed by atoms with Crippen molar-refractivity contribution in [2.24, 2.45) is 0 Å². The quantitative estimate of drug-likeness (QED) is 0.778. The lowest BCUT2D eigenvalue weighted by Crippen LogP contribution is -2.24. The van der Waals surface area contributed by atoms with Crippen molar-refractivity contribution >= 4 is 5.91 Å².